The summed E-state index contributed by atoms with van der Waals surface area (Å²) in [5.41, 5.74) is -0.506. The van der Waals surface area contributed by atoms with E-state index in [1.807, 2.05) is 0 Å². The molecule has 0 heterocycles. The molecular formula is C14H11F5O2. The number of ether oxygens (including phenoxy) is 1. The van der Waals surface area contributed by atoms with Gasteiger partial charge in [0.15, 0.2) is 6.10 Å². The first-order chi connectivity index (χ1) is 9.70. The molecule has 2 nitrogen and oxygen atoms in total. The summed E-state index contributed by atoms with van der Waals surface area (Å²) in [5, 5.41) is 9.95. The largest absolute Gasteiger partial charge is 0.496 e. The van der Waals surface area contributed by atoms with Gasteiger partial charge in [-0.1, -0.05) is 30.3 Å². The average molecular weight is 306 g/mol. The van der Waals surface area contributed by atoms with Gasteiger partial charge in [0, 0.05) is 5.39 Å². The van der Waals surface area contributed by atoms with Crippen LogP contribution < -0.4 is 4.74 Å². The zero-order valence-electron chi connectivity index (χ0n) is 10.8. The molecule has 0 radical (unpaired) electrons. The third kappa shape index (κ3) is 2.53. The number of hydrogen-bond donors (Lipinski definition) is 1. The normalized spacial score (nSPS) is 14.2. The summed E-state index contributed by atoms with van der Waals surface area (Å²) in [5.74, 6) is -4.93. The molecule has 0 fully saturated rings. The maximum atomic E-state index is 13.3. The molecule has 0 saturated heterocycles. The second kappa shape index (κ2) is 5.14. The first-order valence-electron chi connectivity index (χ1n) is 5.88. The molecule has 1 atom stereocenters. The van der Waals surface area contributed by atoms with E-state index in [1.54, 1.807) is 6.07 Å². The smallest absolute Gasteiger partial charge is 0.456 e. The molecule has 1 unspecified atom stereocenters. The molecule has 2 aromatic carbocycles. The maximum Gasteiger partial charge on any atom is 0.456 e. The zero-order chi connectivity index (χ0) is 15.8. The van der Waals surface area contributed by atoms with Crippen molar-refractivity contribution in [2.45, 2.75) is 18.2 Å². The topological polar surface area (TPSA) is 29.5 Å². The molecule has 2 aromatic rings. The molecule has 7 heteroatoms. The van der Waals surface area contributed by atoms with E-state index in [4.69, 9.17) is 4.74 Å². The number of alkyl halides is 5. The van der Waals surface area contributed by atoms with Crippen molar-refractivity contribution in [3.63, 3.8) is 0 Å². The van der Waals surface area contributed by atoms with E-state index in [0.717, 1.165) is 6.07 Å². The highest BCUT2D eigenvalue weighted by molar-refractivity contribution is 5.91. The lowest BCUT2D eigenvalue weighted by Gasteiger charge is -2.26. The molecule has 0 saturated carbocycles. The standard InChI is InChI=1S/C14H11F5O2/c1-21-11-7-6-10(8-4-2-3-5-9(8)11)12(20)13(15,16)14(17,18)19/h2-7,12,20H,1H3. The molecule has 0 bridgehead atoms. The van der Waals surface area contributed by atoms with Gasteiger partial charge in [0.2, 0.25) is 0 Å². The number of fused-ring (bicyclic) bond motifs is 1. The maximum absolute atomic E-state index is 13.3. The summed E-state index contributed by atoms with van der Waals surface area (Å²) in [4.78, 5) is 0. The van der Waals surface area contributed by atoms with Gasteiger partial charge in [-0.25, -0.2) is 0 Å². The van der Waals surface area contributed by atoms with E-state index in [9.17, 15) is 27.1 Å². The van der Waals surface area contributed by atoms with Crippen LogP contribution in [0.2, 0.25) is 0 Å². The van der Waals surface area contributed by atoms with Crippen LogP contribution in [0.25, 0.3) is 10.8 Å². The zero-order valence-corrected chi connectivity index (χ0v) is 10.8. The van der Waals surface area contributed by atoms with Gasteiger partial charge in [0.1, 0.15) is 5.75 Å². The highest BCUT2D eigenvalue weighted by Crippen LogP contribution is 2.46. The molecule has 21 heavy (non-hydrogen) atoms. The Kier molecular flexibility index (Phi) is 3.79. The van der Waals surface area contributed by atoms with Crippen LogP contribution in [-0.4, -0.2) is 24.3 Å². The molecule has 0 aliphatic rings. The van der Waals surface area contributed by atoms with Gasteiger partial charge in [-0.2, -0.15) is 22.0 Å². The lowest BCUT2D eigenvalue weighted by atomic mass is 9.96. The minimum atomic E-state index is -5.84. The minimum Gasteiger partial charge on any atom is -0.496 e. The minimum absolute atomic E-state index is 0.0771. The van der Waals surface area contributed by atoms with Gasteiger partial charge >= 0.3 is 12.1 Å². The molecule has 0 amide bonds. The van der Waals surface area contributed by atoms with Crippen LogP contribution in [0.5, 0.6) is 5.75 Å². The number of methoxy groups -OCH3 is 1. The predicted octanol–water partition coefficient (Wildman–Crippen LogP) is 4.08. The first-order valence-corrected chi connectivity index (χ1v) is 5.88. The second-order valence-corrected chi connectivity index (χ2v) is 4.43. The summed E-state index contributed by atoms with van der Waals surface area (Å²) < 4.78 is 68.8. The highest BCUT2D eigenvalue weighted by Gasteiger charge is 2.62. The number of aliphatic hydroxyl groups excluding tert-OH is 1. The molecule has 0 aliphatic carbocycles. The van der Waals surface area contributed by atoms with Crippen molar-refractivity contribution >= 4 is 10.8 Å². The molecule has 1 N–H and O–H groups in total. The second-order valence-electron chi connectivity index (χ2n) is 4.43. The third-order valence-electron chi connectivity index (χ3n) is 3.15. The van der Waals surface area contributed by atoms with E-state index in [0.29, 0.717) is 11.1 Å². The van der Waals surface area contributed by atoms with Crippen molar-refractivity contribution in [3.8, 4) is 5.75 Å². The molecule has 0 spiro atoms. The van der Waals surface area contributed by atoms with E-state index in [1.165, 1.54) is 31.4 Å². The summed E-state index contributed by atoms with van der Waals surface area (Å²) in [6.07, 6.45) is -8.83. The molecule has 114 valence electrons. The van der Waals surface area contributed by atoms with Crippen molar-refractivity contribution in [3.05, 3.63) is 42.0 Å². The van der Waals surface area contributed by atoms with Gasteiger partial charge in [-0.15, -0.1) is 0 Å². The van der Waals surface area contributed by atoms with Gasteiger partial charge in [0.05, 0.1) is 7.11 Å². The quantitative estimate of drug-likeness (QED) is 0.866. The van der Waals surface area contributed by atoms with Gasteiger partial charge in [-0.3, -0.25) is 0 Å². The highest BCUT2D eigenvalue weighted by atomic mass is 19.4. The fraction of sp³-hybridized carbons (Fsp3) is 0.286. The van der Waals surface area contributed by atoms with E-state index in [-0.39, 0.29) is 5.39 Å². The van der Waals surface area contributed by atoms with Crippen LogP contribution >= 0.6 is 0 Å². The number of hydrogen-bond acceptors (Lipinski definition) is 2. The lowest BCUT2D eigenvalue weighted by molar-refractivity contribution is -0.314. The SMILES string of the molecule is COc1ccc(C(O)C(F)(F)C(F)(F)F)c2ccccc12. The van der Waals surface area contributed by atoms with E-state index >= 15 is 0 Å². The van der Waals surface area contributed by atoms with Crippen LogP contribution in [0.1, 0.15) is 11.7 Å². The number of rotatable bonds is 3. The third-order valence-corrected chi connectivity index (χ3v) is 3.15. The Morgan fingerprint density at radius 3 is 2.05 bits per heavy atom. The summed E-state index contributed by atoms with van der Waals surface area (Å²) >= 11 is 0. The fourth-order valence-electron chi connectivity index (χ4n) is 2.06. The summed E-state index contributed by atoms with van der Waals surface area (Å²) in [7, 11) is 1.35. The predicted molar refractivity (Wildman–Crippen MR) is 66.5 cm³/mol. The Hall–Kier alpha value is -1.89. The summed E-state index contributed by atoms with van der Waals surface area (Å²) in [6.45, 7) is 0. The Morgan fingerprint density at radius 1 is 0.952 bits per heavy atom. The number of halogens is 5. The van der Waals surface area contributed by atoms with Gasteiger partial charge in [0.25, 0.3) is 0 Å². The number of aliphatic hydroxyl groups is 1. The van der Waals surface area contributed by atoms with Crippen LogP contribution in [0, 0.1) is 0 Å². The fourth-order valence-corrected chi connectivity index (χ4v) is 2.06. The molecule has 0 aromatic heterocycles. The molecule has 2 rings (SSSR count). The van der Waals surface area contributed by atoms with Crippen molar-refractivity contribution in [2.75, 3.05) is 7.11 Å². The van der Waals surface area contributed by atoms with Crippen molar-refractivity contribution in [1.29, 1.82) is 0 Å². The monoisotopic (exact) mass is 306 g/mol. The Balaban J connectivity index is 2.63. The average Bonchev–Trinajstić information content (AvgIpc) is 2.44. The van der Waals surface area contributed by atoms with Crippen LogP contribution in [0.3, 0.4) is 0 Å². The molecular weight excluding hydrogens is 295 g/mol. The lowest BCUT2D eigenvalue weighted by Crippen LogP contribution is -2.42. The Labute approximate surface area is 116 Å². The van der Waals surface area contributed by atoms with Crippen LogP contribution in [0.4, 0.5) is 22.0 Å². The Morgan fingerprint density at radius 2 is 1.52 bits per heavy atom. The van der Waals surface area contributed by atoms with Crippen molar-refractivity contribution < 1.29 is 31.8 Å². The van der Waals surface area contributed by atoms with E-state index < -0.39 is 23.8 Å². The van der Waals surface area contributed by atoms with Gasteiger partial charge < -0.3 is 9.84 Å². The molecule has 0 aliphatic heterocycles. The van der Waals surface area contributed by atoms with Gasteiger partial charge in [-0.05, 0) is 17.0 Å². The Bertz CT molecular complexity index is 651. The number of benzene rings is 2. The van der Waals surface area contributed by atoms with Crippen LogP contribution in [0.15, 0.2) is 36.4 Å². The van der Waals surface area contributed by atoms with Crippen molar-refractivity contribution in [1.82, 2.24) is 0 Å². The van der Waals surface area contributed by atoms with Crippen molar-refractivity contribution in [2.24, 2.45) is 0 Å². The first kappa shape index (κ1) is 15.5. The summed E-state index contributed by atoms with van der Waals surface area (Å²) in [6, 6.07) is 8.17. The van der Waals surface area contributed by atoms with Crippen LogP contribution in [-0.2, 0) is 0 Å². The van der Waals surface area contributed by atoms with E-state index in [2.05, 4.69) is 0 Å².